The maximum absolute atomic E-state index is 11.9. The fraction of sp³-hybridized carbons (Fsp3) is 0.588. The van der Waals surface area contributed by atoms with Gasteiger partial charge in [-0.15, -0.1) is 0 Å². The van der Waals surface area contributed by atoms with Crippen LogP contribution in [0.4, 0.5) is 0 Å². The van der Waals surface area contributed by atoms with E-state index in [0.29, 0.717) is 6.04 Å². The van der Waals surface area contributed by atoms with Crippen LogP contribution in [0, 0.1) is 0 Å². The second kappa shape index (κ2) is 7.46. The minimum Gasteiger partial charge on any atom is -0.481 e. The van der Waals surface area contributed by atoms with Crippen molar-refractivity contribution in [2.75, 3.05) is 6.54 Å². The molecule has 0 heterocycles. The Labute approximate surface area is 127 Å². The highest BCUT2D eigenvalue weighted by Crippen LogP contribution is 2.21. The first kappa shape index (κ1) is 15.8. The van der Waals surface area contributed by atoms with Gasteiger partial charge in [0, 0.05) is 12.1 Å². The fourth-order valence-corrected chi connectivity index (χ4v) is 2.14. The third-order valence-electron chi connectivity index (χ3n) is 3.66. The van der Waals surface area contributed by atoms with Crippen molar-refractivity contribution < 1.29 is 9.53 Å². The molecule has 0 spiro atoms. The summed E-state index contributed by atoms with van der Waals surface area (Å²) in [5.74, 6) is 0.719. The molecule has 0 aliphatic heterocycles. The highest BCUT2D eigenvalue weighted by Gasteiger charge is 2.26. The maximum Gasteiger partial charge on any atom is 0.260 e. The van der Waals surface area contributed by atoms with Crippen molar-refractivity contribution in [2.24, 2.45) is 0 Å². The third-order valence-corrected chi connectivity index (χ3v) is 3.66. The van der Waals surface area contributed by atoms with E-state index in [2.05, 4.69) is 30.5 Å². The molecule has 1 aromatic rings. The topological polar surface area (TPSA) is 50.4 Å². The standard InChI is InChI=1S/C17H26N2O2/c1-4-10-18-12(2)14-6-5-7-16(11-14)21-13(3)17(20)19-15-8-9-15/h5-7,11-13,15,18H,4,8-10H2,1-3H3,(H,19,20). The summed E-state index contributed by atoms with van der Waals surface area (Å²) in [6, 6.07) is 8.61. The van der Waals surface area contributed by atoms with E-state index in [1.54, 1.807) is 6.92 Å². The van der Waals surface area contributed by atoms with Gasteiger partial charge in [0.15, 0.2) is 6.10 Å². The van der Waals surface area contributed by atoms with Crippen molar-refractivity contribution in [1.29, 1.82) is 0 Å². The molecule has 0 saturated heterocycles. The molecule has 2 rings (SSSR count). The molecule has 1 aromatic carbocycles. The predicted molar refractivity (Wildman–Crippen MR) is 84.4 cm³/mol. The van der Waals surface area contributed by atoms with Gasteiger partial charge in [-0.1, -0.05) is 19.1 Å². The Hall–Kier alpha value is -1.55. The van der Waals surface area contributed by atoms with E-state index < -0.39 is 6.10 Å². The summed E-state index contributed by atoms with van der Waals surface area (Å²) in [4.78, 5) is 11.9. The molecule has 21 heavy (non-hydrogen) atoms. The van der Waals surface area contributed by atoms with E-state index in [9.17, 15) is 4.79 Å². The van der Waals surface area contributed by atoms with Gasteiger partial charge in [0.25, 0.3) is 5.91 Å². The first-order valence-corrected chi connectivity index (χ1v) is 7.90. The molecule has 1 saturated carbocycles. The van der Waals surface area contributed by atoms with Crippen LogP contribution in [-0.2, 0) is 4.79 Å². The van der Waals surface area contributed by atoms with Gasteiger partial charge in [0.2, 0.25) is 0 Å². The maximum atomic E-state index is 11.9. The normalized spacial score (nSPS) is 17.1. The third kappa shape index (κ3) is 5.05. The van der Waals surface area contributed by atoms with Gasteiger partial charge in [-0.25, -0.2) is 0 Å². The minimum absolute atomic E-state index is 0.0277. The zero-order chi connectivity index (χ0) is 15.2. The van der Waals surface area contributed by atoms with Crippen LogP contribution < -0.4 is 15.4 Å². The zero-order valence-corrected chi connectivity index (χ0v) is 13.2. The van der Waals surface area contributed by atoms with Crippen LogP contribution in [-0.4, -0.2) is 24.6 Å². The summed E-state index contributed by atoms with van der Waals surface area (Å²) in [7, 11) is 0. The molecular weight excluding hydrogens is 264 g/mol. The van der Waals surface area contributed by atoms with Gasteiger partial charge in [-0.2, -0.15) is 0 Å². The van der Waals surface area contributed by atoms with Gasteiger partial charge < -0.3 is 15.4 Å². The van der Waals surface area contributed by atoms with E-state index in [4.69, 9.17) is 4.74 Å². The number of amides is 1. The average molecular weight is 290 g/mol. The van der Waals surface area contributed by atoms with Crippen LogP contribution in [0.3, 0.4) is 0 Å². The van der Waals surface area contributed by atoms with E-state index in [1.807, 2.05) is 18.2 Å². The lowest BCUT2D eigenvalue weighted by Crippen LogP contribution is -2.37. The molecule has 1 fully saturated rings. The smallest absolute Gasteiger partial charge is 0.260 e. The lowest BCUT2D eigenvalue weighted by Gasteiger charge is -2.17. The molecule has 2 N–H and O–H groups in total. The number of hydrogen-bond donors (Lipinski definition) is 2. The molecular formula is C17H26N2O2. The number of carbonyl (C=O) groups excluding carboxylic acids is 1. The summed E-state index contributed by atoms with van der Waals surface area (Å²) < 4.78 is 5.76. The second-order valence-corrected chi connectivity index (χ2v) is 5.79. The van der Waals surface area contributed by atoms with Crippen LogP contribution in [0.5, 0.6) is 5.75 Å². The van der Waals surface area contributed by atoms with E-state index >= 15 is 0 Å². The molecule has 0 radical (unpaired) electrons. The van der Waals surface area contributed by atoms with Crippen LogP contribution >= 0.6 is 0 Å². The number of ether oxygens (including phenoxy) is 1. The van der Waals surface area contributed by atoms with E-state index in [0.717, 1.165) is 31.6 Å². The van der Waals surface area contributed by atoms with Gasteiger partial charge in [-0.05, 0) is 57.4 Å². The highest BCUT2D eigenvalue weighted by atomic mass is 16.5. The van der Waals surface area contributed by atoms with Gasteiger partial charge in [0.05, 0.1) is 0 Å². The fourth-order valence-electron chi connectivity index (χ4n) is 2.14. The Balaban J connectivity index is 1.91. The van der Waals surface area contributed by atoms with Crippen molar-refractivity contribution in [3.05, 3.63) is 29.8 Å². The first-order valence-electron chi connectivity index (χ1n) is 7.90. The molecule has 1 amide bonds. The summed E-state index contributed by atoms with van der Waals surface area (Å²) in [6.45, 7) is 7.08. The van der Waals surface area contributed by atoms with E-state index in [1.165, 1.54) is 5.56 Å². The van der Waals surface area contributed by atoms with Gasteiger partial charge >= 0.3 is 0 Å². The molecule has 1 aliphatic rings. The van der Waals surface area contributed by atoms with Crippen molar-refractivity contribution in [3.63, 3.8) is 0 Å². The summed E-state index contributed by atoms with van der Waals surface area (Å²) in [5, 5.41) is 6.41. The Morgan fingerprint density at radius 3 is 2.81 bits per heavy atom. The number of rotatable bonds is 8. The van der Waals surface area contributed by atoms with Gasteiger partial charge in [0.1, 0.15) is 5.75 Å². The van der Waals surface area contributed by atoms with Crippen LogP contribution in [0.15, 0.2) is 24.3 Å². The van der Waals surface area contributed by atoms with Crippen LogP contribution in [0.25, 0.3) is 0 Å². The zero-order valence-electron chi connectivity index (χ0n) is 13.2. The predicted octanol–water partition coefficient (Wildman–Crippen LogP) is 2.79. The average Bonchev–Trinajstić information content (AvgIpc) is 3.28. The minimum atomic E-state index is -0.459. The van der Waals surface area contributed by atoms with Crippen molar-refractivity contribution in [3.8, 4) is 5.75 Å². The summed E-state index contributed by atoms with van der Waals surface area (Å²) in [6.07, 6.45) is 2.84. The number of nitrogens with one attached hydrogen (secondary N) is 2. The lowest BCUT2D eigenvalue weighted by molar-refractivity contribution is -0.127. The molecule has 0 bridgehead atoms. The van der Waals surface area contributed by atoms with Crippen molar-refractivity contribution in [1.82, 2.24) is 10.6 Å². The first-order chi connectivity index (χ1) is 10.1. The molecule has 2 atom stereocenters. The second-order valence-electron chi connectivity index (χ2n) is 5.79. The monoisotopic (exact) mass is 290 g/mol. The summed E-state index contributed by atoms with van der Waals surface area (Å²) in [5.41, 5.74) is 1.18. The summed E-state index contributed by atoms with van der Waals surface area (Å²) >= 11 is 0. The Morgan fingerprint density at radius 2 is 2.14 bits per heavy atom. The quantitative estimate of drug-likeness (QED) is 0.774. The Morgan fingerprint density at radius 1 is 1.38 bits per heavy atom. The molecule has 0 aromatic heterocycles. The van der Waals surface area contributed by atoms with Crippen LogP contribution in [0.1, 0.15) is 51.6 Å². The molecule has 1 aliphatic carbocycles. The highest BCUT2D eigenvalue weighted by molar-refractivity contribution is 5.81. The van der Waals surface area contributed by atoms with Gasteiger partial charge in [-0.3, -0.25) is 4.79 Å². The lowest BCUT2D eigenvalue weighted by atomic mass is 10.1. The number of hydrogen-bond acceptors (Lipinski definition) is 3. The number of benzene rings is 1. The molecule has 4 heteroatoms. The molecule has 2 unspecified atom stereocenters. The largest absolute Gasteiger partial charge is 0.481 e. The van der Waals surface area contributed by atoms with Crippen LogP contribution in [0.2, 0.25) is 0 Å². The molecule has 116 valence electrons. The SMILES string of the molecule is CCCNC(C)c1cccc(OC(C)C(=O)NC2CC2)c1. The number of carbonyl (C=O) groups is 1. The Bertz CT molecular complexity index is 472. The van der Waals surface area contributed by atoms with E-state index in [-0.39, 0.29) is 11.9 Å². The Kier molecular flexibility index (Phi) is 5.62. The molecule has 4 nitrogen and oxygen atoms in total. The van der Waals surface area contributed by atoms with Crippen molar-refractivity contribution >= 4 is 5.91 Å². The van der Waals surface area contributed by atoms with Crippen molar-refractivity contribution in [2.45, 2.75) is 58.2 Å².